The second-order valence-electron chi connectivity index (χ2n) is 6.19. The molecule has 0 bridgehead atoms. The van der Waals surface area contributed by atoms with Crippen LogP contribution in [-0.4, -0.2) is 41.7 Å². The standard InChI is InChI=1S/C17H23NO3/c1-12-14(17(19)20)6-4-9-18(12)11-13-8-10-21-16-7-3-2-5-15(13)16/h2-3,5,7,12-14H,4,6,8-11H2,1H3,(H,19,20)/t12-,13?,14-/m1/s1. The average Bonchev–Trinajstić information content (AvgIpc) is 2.49. The first-order valence-corrected chi connectivity index (χ1v) is 7.85. The molecule has 1 aromatic carbocycles. The minimum Gasteiger partial charge on any atom is -0.493 e. The zero-order valence-corrected chi connectivity index (χ0v) is 12.5. The van der Waals surface area contributed by atoms with Gasteiger partial charge in [0.2, 0.25) is 0 Å². The predicted octanol–water partition coefficient (Wildman–Crippen LogP) is 2.74. The Hall–Kier alpha value is -1.55. The van der Waals surface area contributed by atoms with Gasteiger partial charge in [0.15, 0.2) is 0 Å². The highest BCUT2D eigenvalue weighted by atomic mass is 16.5. The molecule has 1 aromatic rings. The molecule has 114 valence electrons. The van der Waals surface area contributed by atoms with Gasteiger partial charge in [0.25, 0.3) is 0 Å². The van der Waals surface area contributed by atoms with Crippen LogP contribution in [0.2, 0.25) is 0 Å². The van der Waals surface area contributed by atoms with Gasteiger partial charge in [-0.1, -0.05) is 18.2 Å². The normalized spacial score (nSPS) is 29.5. The Morgan fingerprint density at radius 1 is 1.38 bits per heavy atom. The highest BCUT2D eigenvalue weighted by molar-refractivity contribution is 5.71. The van der Waals surface area contributed by atoms with Crippen LogP contribution in [0.1, 0.15) is 37.7 Å². The summed E-state index contributed by atoms with van der Waals surface area (Å²) < 4.78 is 5.72. The quantitative estimate of drug-likeness (QED) is 0.929. The molecule has 0 aromatic heterocycles. The second-order valence-corrected chi connectivity index (χ2v) is 6.19. The van der Waals surface area contributed by atoms with E-state index < -0.39 is 5.97 Å². The molecule has 21 heavy (non-hydrogen) atoms. The third-order valence-corrected chi connectivity index (χ3v) is 4.97. The topological polar surface area (TPSA) is 49.8 Å². The Kier molecular flexibility index (Phi) is 4.15. The molecule has 0 radical (unpaired) electrons. The predicted molar refractivity (Wildman–Crippen MR) is 80.7 cm³/mol. The maximum Gasteiger partial charge on any atom is 0.308 e. The molecule has 1 saturated heterocycles. The lowest BCUT2D eigenvalue weighted by Crippen LogP contribution is -2.48. The third kappa shape index (κ3) is 2.91. The minimum absolute atomic E-state index is 0.117. The lowest BCUT2D eigenvalue weighted by atomic mass is 9.87. The van der Waals surface area contributed by atoms with Crippen molar-refractivity contribution in [1.29, 1.82) is 0 Å². The summed E-state index contributed by atoms with van der Waals surface area (Å²) in [4.78, 5) is 13.7. The molecule has 4 heteroatoms. The summed E-state index contributed by atoms with van der Waals surface area (Å²) in [5.41, 5.74) is 1.27. The Bertz CT molecular complexity index is 517. The van der Waals surface area contributed by atoms with E-state index in [-0.39, 0.29) is 12.0 Å². The third-order valence-electron chi connectivity index (χ3n) is 4.97. The second kappa shape index (κ2) is 6.06. The monoisotopic (exact) mass is 289 g/mol. The van der Waals surface area contributed by atoms with Crippen molar-refractivity contribution in [3.63, 3.8) is 0 Å². The molecule has 2 heterocycles. The van der Waals surface area contributed by atoms with Crippen molar-refractivity contribution >= 4 is 5.97 Å². The summed E-state index contributed by atoms with van der Waals surface area (Å²) in [6, 6.07) is 8.35. The first-order valence-electron chi connectivity index (χ1n) is 7.85. The van der Waals surface area contributed by atoms with Gasteiger partial charge in [-0.2, -0.15) is 0 Å². The van der Waals surface area contributed by atoms with Crippen LogP contribution in [0.25, 0.3) is 0 Å². The molecule has 0 saturated carbocycles. The number of piperidine rings is 1. The molecular formula is C17H23NO3. The van der Waals surface area contributed by atoms with Gasteiger partial charge in [0.05, 0.1) is 12.5 Å². The van der Waals surface area contributed by atoms with E-state index in [9.17, 15) is 9.90 Å². The summed E-state index contributed by atoms with van der Waals surface area (Å²) >= 11 is 0. The van der Waals surface area contributed by atoms with Crippen LogP contribution in [0, 0.1) is 5.92 Å². The van der Waals surface area contributed by atoms with Crippen molar-refractivity contribution in [3.8, 4) is 5.75 Å². The molecule has 2 aliphatic heterocycles. The van der Waals surface area contributed by atoms with E-state index in [2.05, 4.69) is 24.0 Å². The lowest BCUT2D eigenvalue weighted by molar-refractivity contribution is -0.145. The number of ether oxygens (including phenoxy) is 1. The zero-order valence-electron chi connectivity index (χ0n) is 12.5. The number of carbonyl (C=O) groups is 1. The summed E-state index contributed by atoms with van der Waals surface area (Å²) in [6.45, 7) is 4.76. The van der Waals surface area contributed by atoms with E-state index in [1.807, 2.05) is 12.1 Å². The van der Waals surface area contributed by atoms with Crippen molar-refractivity contribution in [1.82, 2.24) is 4.90 Å². The number of fused-ring (bicyclic) bond motifs is 1. The molecule has 0 aliphatic carbocycles. The van der Waals surface area contributed by atoms with Crippen LogP contribution in [0.3, 0.4) is 0 Å². The molecular weight excluding hydrogens is 266 g/mol. The van der Waals surface area contributed by atoms with Crippen molar-refractivity contribution in [2.75, 3.05) is 19.7 Å². The van der Waals surface area contributed by atoms with Crippen LogP contribution in [0.15, 0.2) is 24.3 Å². The van der Waals surface area contributed by atoms with Crippen LogP contribution in [0.4, 0.5) is 0 Å². The number of aliphatic carboxylic acids is 1. The summed E-state index contributed by atoms with van der Waals surface area (Å²) in [7, 11) is 0. The fourth-order valence-corrected chi connectivity index (χ4v) is 3.69. The van der Waals surface area contributed by atoms with Crippen LogP contribution in [-0.2, 0) is 4.79 Å². The zero-order chi connectivity index (χ0) is 14.8. The van der Waals surface area contributed by atoms with E-state index >= 15 is 0 Å². The van der Waals surface area contributed by atoms with Crippen molar-refractivity contribution in [2.24, 2.45) is 5.92 Å². The van der Waals surface area contributed by atoms with Crippen molar-refractivity contribution in [3.05, 3.63) is 29.8 Å². The Morgan fingerprint density at radius 2 is 2.19 bits per heavy atom. The smallest absolute Gasteiger partial charge is 0.308 e. The Balaban J connectivity index is 1.73. The summed E-state index contributed by atoms with van der Waals surface area (Å²) in [5.74, 6) is 0.562. The highest BCUT2D eigenvalue weighted by Crippen LogP contribution is 2.35. The van der Waals surface area contributed by atoms with Gasteiger partial charge >= 0.3 is 5.97 Å². The molecule has 3 rings (SSSR count). The molecule has 0 amide bonds. The SMILES string of the molecule is C[C@@H]1[C@H](C(=O)O)CCCN1CC1CCOc2ccccc21. The maximum absolute atomic E-state index is 11.4. The van der Waals surface area contributed by atoms with Crippen molar-refractivity contribution in [2.45, 2.75) is 38.1 Å². The number of likely N-dealkylation sites (tertiary alicyclic amines) is 1. The number of nitrogens with zero attached hydrogens (tertiary/aromatic N) is 1. The Labute approximate surface area is 125 Å². The molecule has 0 spiro atoms. The van der Waals surface area contributed by atoms with Gasteiger partial charge in [0, 0.05) is 18.5 Å². The number of carboxylic acid groups (broad SMARTS) is 1. The molecule has 4 nitrogen and oxygen atoms in total. The number of rotatable bonds is 3. The Morgan fingerprint density at radius 3 is 3.00 bits per heavy atom. The number of benzene rings is 1. The van der Waals surface area contributed by atoms with E-state index in [0.29, 0.717) is 5.92 Å². The maximum atomic E-state index is 11.4. The first kappa shape index (κ1) is 14.4. The fraction of sp³-hybridized carbons (Fsp3) is 0.588. The summed E-state index contributed by atoms with van der Waals surface area (Å²) in [5, 5.41) is 9.34. The van der Waals surface area contributed by atoms with E-state index in [1.54, 1.807) is 0 Å². The fourth-order valence-electron chi connectivity index (χ4n) is 3.69. The van der Waals surface area contributed by atoms with Gasteiger partial charge < -0.3 is 9.84 Å². The number of para-hydroxylation sites is 1. The van der Waals surface area contributed by atoms with E-state index in [4.69, 9.17) is 4.74 Å². The van der Waals surface area contributed by atoms with Crippen LogP contribution < -0.4 is 4.74 Å². The van der Waals surface area contributed by atoms with Gasteiger partial charge in [-0.05, 0) is 44.4 Å². The molecule has 3 atom stereocenters. The molecule has 1 unspecified atom stereocenters. The van der Waals surface area contributed by atoms with Crippen molar-refractivity contribution < 1.29 is 14.6 Å². The number of carboxylic acids is 1. The first-order chi connectivity index (χ1) is 10.2. The molecule has 1 N–H and O–H groups in total. The minimum atomic E-state index is -0.653. The lowest BCUT2D eigenvalue weighted by Gasteiger charge is -2.40. The highest BCUT2D eigenvalue weighted by Gasteiger charge is 2.34. The summed E-state index contributed by atoms with van der Waals surface area (Å²) in [6.07, 6.45) is 2.79. The molecule has 2 aliphatic rings. The van der Waals surface area contributed by atoms with Crippen LogP contribution in [0.5, 0.6) is 5.75 Å². The average molecular weight is 289 g/mol. The number of hydrogen-bond donors (Lipinski definition) is 1. The van der Waals surface area contributed by atoms with E-state index in [0.717, 1.165) is 44.7 Å². The van der Waals surface area contributed by atoms with Crippen LogP contribution >= 0.6 is 0 Å². The van der Waals surface area contributed by atoms with Gasteiger partial charge in [-0.25, -0.2) is 0 Å². The molecule has 1 fully saturated rings. The van der Waals surface area contributed by atoms with E-state index in [1.165, 1.54) is 5.56 Å². The largest absolute Gasteiger partial charge is 0.493 e. The number of hydrogen-bond acceptors (Lipinski definition) is 3. The van der Waals surface area contributed by atoms with Gasteiger partial charge in [-0.15, -0.1) is 0 Å². The van der Waals surface area contributed by atoms with Gasteiger partial charge in [-0.3, -0.25) is 9.69 Å². The van der Waals surface area contributed by atoms with Gasteiger partial charge in [0.1, 0.15) is 5.75 Å².